The van der Waals surface area contributed by atoms with Crippen LogP contribution < -0.4 is 5.32 Å². The summed E-state index contributed by atoms with van der Waals surface area (Å²) in [4.78, 5) is 4.19. The van der Waals surface area contributed by atoms with E-state index in [0.717, 1.165) is 24.2 Å². The Kier molecular flexibility index (Phi) is 3.78. The molecule has 1 aromatic heterocycles. The fraction of sp³-hybridized carbons (Fsp3) is 0.308. The van der Waals surface area contributed by atoms with Crippen molar-refractivity contribution in [2.45, 2.75) is 26.8 Å². The van der Waals surface area contributed by atoms with Crippen LogP contribution >= 0.6 is 0 Å². The van der Waals surface area contributed by atoms with Crippen molar-refractivity contribution in [2.75, 3.05) is 5.32 Å². The molecular weight excluding hydrogens is 255 g/mol. The third kappa shape index (κ3) is 2.72. The highest BCUT2D eigenvalue weighted by Gasteiger charge is 2.15. The summed E-state index contributed by atoms with van der Waals surface area (Å²) in [6.45, 7) is 4.50. The first-order valence-electron chi connectivity index (χ1n) is 5.97. The van der Waals surface area contributed by atoms with Gasteiger partial charge in [0.15, 0.2) is 17.5 Å². The van der Waals surface area contributed by atoms with E-state index >= 15 is 0 Å². The molecule has 0 amide bonds. The Hall–Kier alpha value is -1.98. The number of halogens is 3. The van der Waals surface area contributed by atoms with Crippen LogP contribution in [0, 0.1) is 24.4 Å². The van der Waals surface area contributed by atoms with Crippen LogP contribution in [0.4, 0.5) is 24.8 Å². The van der Waals surface area contributed by atoms with Crippen LogP contribution in [0.2, 0.25) is 0 Å². The van der Waals surface area contributed by atoms with Gasteiger partial charge in [0.05, 0.1) is 11.4 Å². The minimum Gasteiger partial charge on any atom is -0.323 e. The third-order valence-corrected chi connectivity index (χ3v) is 2.64. The molecule has 0 unspecified atom stereocenters. The van der Waals surface area contributed by atoms with Crippen LogP contribution in [-0.4, -0.2) is 9.55 Å². The molecule has 0 fully saturated rings. The van der Waals surface area contributed by atoms with Gasteiger partial charge in [-0.1, -0.05) is 6.92 Å². The fourth-order valence-electron chi connectivity index (χ4n) is 1.80. The summed E-state index contributed by atoms with van der Waals surface area (Å²) in [7, 11) is 0. The van der Waals surface area contributed by atoms with Gasteiger partial charge >= 0.3 is 0 Å². The summed E-state index contributed by atoms with van der Waals surface area (Å²) in [6.07, 6.45) is 2.69. The molecule has 1 N–H and O–H groups in total. The Labute approximate surface area is 109 Å². The van der Waals surface area contributed by atoms with E-state index in [1.807, 2.05) is 13.1 Å². The van der Waals surface area contributed by atoms with Gasteiger partial charge in [0.25, 0.3) is 0 Å². The number of nitrogens with one attached hydrogen (secondary N) is 1. The highest BCUT2D eigenvalue weighted by molar-refractivity contribution is 5.55. The van der Waals surface area contributed by atoms with E-state index in [0.29, 0.717) is 12.5 Å². The molecule has 1 aromatic carbocycles. The number of rotatable bonds is 4. The molecular formula is C13H14F3N3. The first-order valence-corrected chi connectivity index (χ1v) is 5.97. The number of hydrogen-bond acceptors (Lipinski definition) is 2. The van der Waals surface area contributed by atoms with Gasteiger partial charge in [-0.2, -0.15) is 0 Å². The van der Waals surface area contributed by atoms with Gasteiger partial charge in [0, 0.05) is 12.7 Å². The molecule has 0 saturated carbocycles. The standard InChI is InChI=1S/C13H14F3N3/c1-3-6-19-7-8(2)17-13(19)18-10-5-4-9(14)11(15)12(10)16/h4-5,7H,3,6H2,1-2H3,(H,17,18). The Morgan fingerprint density at radius 3 is 2.63 bits per heavy atom. The van der Waals surface area contributed by atoms with E-state index in [1.165, 1.54) is 0 Å². The largest absolute Gasteiger partial charge is 0.323 e. The van der Waals surface area contributed by atoms with E-state index in [9.17, 15) is 13.2 Å². The zero-order valence-electron chi connectivity index (χ0n) is 10.7. The monoisotopic (exact) mass is 269 g/mol. The van der Waals surface area contributed by atoms with E-state index in [-0.39, 0.29) is 5.69 Å². The zero-order chi connectivity index (χ0) is 14.0. The first kappa shape index (κ1) is 13.5. The highest BCUT2D eigenvalue weighted by Crippen LogP contribution is 2.23. The number of nitrogens with zero attached hydrogens (tertiary/aromatic N) is 2. The van der Waals surface area contributed by atoms with E-state index in [1.54, 1.807) is 11.5 Å². The van der Waals surface area contributed by atoms with Crippen molar-refractivity contribution >= 4 is 11.6 Å². The van der Waals surface area contributed by atoms with Crippen molar-refractivity contribution in [2.24, 2.45) is 0 Å². The van der Waals surface area contributed by atoms with Gasteiger partial charge < -0.3 is 9.88 Å². The van der Waals surface area contributed by atoms with Crippen LogP contribution in [0.3, 0.4) is 0 Å². The summed E-state index contributed by atoms with van der Waals surface area (Å²) < 4.78 is 41.3. The number of anilines is 2. The summed E-state index contributed by atoms with van der Waals surface area (Å²) >= 11 is 0. The summed E-state index contributed by atoms with van der Waals surface area (Å²) in [5, 5.41) is 2.68. The maximum Gasteiger partial charge on any atom is 0.207 e. The average Bonchev–Trinajstić information content (AvgIpc) is 2.71. The summed E-state index contributed by atoms with van der Waals surface area (Å²) in [6, 6.07) is 2.02. The predicted molar refractivity (Wildman–Crippen MR) is 66.9 cm³/mol. The molecule has 3 nitrogen and oxygen atoms in total. The van der Waals surface area contributed by atoms with Crippen molar-refractivity contribution in [3.05, 3.63) is 41.5 Å². The number of aryl methyl sites for hydroxylation is 2. The van der Waals surface area contributed by atoms with Crippen LogP contribution in [0.15, 0.2) is 18.3 Å². The number of imidazole rings is 1. The molecule has 2 rings (SSSR count). The smallest absolute Gasteiger partial charge is 0.207 e. The van der Waals surface area contributed by atoms with Crippen LogP contribution in [-0.2, 0) is 6.54 Å². The molecule has 0 saturated heterocycles. The zero-order valence-corrected chi connectivity index (χ0v) is 10.7. The second kappa shape index (κ2) is 5.34. The van der Waals surface area contributed by atoms with Gasteiger partial charge in [-0.15, -0.1) is 0 Å². The van der Waals surface area contributed by atoms with E-state index in [2.05, 4.69) is 10.3 Å². The molecule has 0 atom stereocenters. The first-order chi connectivity index (χ1) is 9.02. The maximum absolute atomic E-state index is 13.6. The van der Waals surface area contributed by atoms with Gasteiger partial charge in [-0.05, 0) is 25.5 Å². The highest BCUT2D eigenvalue weighted by atomic mass is 19.2. The summed E-state index contributed by atoms with van der Waals surface area (Å²) in [5.41, 5.74) is 0.626. The molecule has 102 valence electrons. The van der Waals surface area contributed by atoms with Crippen molar-refractivity contribution in [1.29, 1.82) is 0 Å². The lowest BCUT2D eigenvalue weighted by Crippen LogP contribution is -2.05. The van der Waals surface area contributed by atoms with Gasteiger partial charge in [0.1, 0.15) is 0 Å². The lowest BCUT2D eigenvalue weighted by molar-refractivity contribution is 0.449. The Morgan fingerprint density at radius 1 is 1.21 bits per heavy atom. The number of benzene rings is 1. The van der Waals surface area contributed by atoms with Crippen molar-refractivity contribution in [1.82, 2.24) is 9.55 Å². The van der Waals surface area contributed by atoms with Crippen LogP contribution in [0.5, 0.6) is 0 Å². The van der Waals surface area contributed by atoms with Crippen molar-refractivity contribution in [3.8, 4) is 0 Å². The molecule has 2 aromatic rings. The Balaban J connectivity index is 2.33. The van der Waals surface area contributed by atoms with Gasteiger partial charge in [0.2, 0.25) is 5.95 Å². The minimum atomic E-state index is -1.49. The average molecular weight is 269 g/mol. The molecule has 1 heterocycles. The number of aromatic nitrogens is 2. The van der Waals surface area contributed by atoms with Gasteiger partial charge in [-0.3, -0.25) is 0 Å². The lowest BCUT2D eigenvalue weighted by Gasteiger charge is -2.10. The van der Waals surface area contributed by atoms with Crippen LogP contribution in [0.25, 0.3) is 0 Å². The van der Waals surface area contributed by atoms with Crippen LogP contribution in [0.1, 0.15) is 19.0 Å². The molecule has 6 heteroatoms. The fourth-order valence-corrected chi connectivity index (χ4v) is 1.80. The quantitative estimate of drug-likeness (QED) is 0.856. The molecule has 19 heavy (non-hydrogen) atoms. The molecule has 0 radical (unpaired) electrons. The second-order valence-corrected chi connectivity index (χ2v) is 4.25. The molecule has 0 spiro atoms. The molecule has 0 bridgehead atoms. The predicted octanol–water partition coefficient (Wildman–Crippen LogP) is 3.76. The lowest BCUT2D eigenvalue weighted by atomic mass is 10.3. The van der Waals surface area contributed by atoms with E-state index in [4.69, 9.17) is 0 Å². The normalized spacial score (nSPS) is 10.8. The van der Waals surface area contributed by atoms with Gasteiger partial charge in [-0.25, -0.2) is 18.2 Å². The number of hydrogen-bond donors (Lipinski definition) is 1. The molecule has 0 aliphatic rings. The minimum absolute atomic E-state index is 0.137. The molecule has 0 aliphatic carbocycles. The van der Waals surface area contributed by atoms with E-state index < -0.39 is 17.5 Å². The van der Waals surface area contributed by atoms with Crippen molar-refractivity contribution in [3.63, 3.8) is 0 Å². The molecule has 0 aliphatic heterocycles. The SMILES string of the molecule is CCCn1cc(C)nc1Nc1ccc(F)c(F)c1F. The Morgan fingerprint density at radius 2 is 1.95 bits per heavy atom. The topological polar surface area (TPSA) is 29.9 Å². The second-order valence-electron chi connectivity index (χ2n) is 4.25. The Bertz CT molecular complexity index is 593. The maximum atomic E-state index is 13.6. The van der Waals surface area contributed by atoms with Crippen molar-refractivity contribution < 1.29 is 13.2 Å². The third-order valence-electron chi connectivity index (χ3n) is 2.64. The summed E-state index contributed by atoms with van der Waals surface area (Å²) in [5.74, 6) is -3.54.